The lowest BCUT2D eigenvalue weighted by Gasteiger charge is -2.08. The maximum Gasteiger partial charge on any atom is 0.146 e. The van der Waals surface area contributed by atoms with Crippen molar-refractivity contribution >= 4 is 17.9 Å². The molecule has 0 atom stereocenters. The highest BCUT2D eigenvalue weighted by molar-refractivity contribution is 6.29. The molecule has 0 aromatic heterocycles. The van der Waals surface area contributed by atoms with Gasteiger partial charge in [-0.1, -0.05) is 11.6 Å². The Bertz CT molecular complexity index is 213. The van der Waals surface area contributed by atoms with Crippen LogP contribution in [0.15, 0.2) is 22.3 Å². The number of halogens is 1. The van der Waals surface area contributed by atoms with Crippen molar-refractivity contribution in [1.82, 2.24) is 0 Å². The van der Waals surface area contributed by atoms with Gasteiger partial charge in [-0.25, -0.2) is 0 Å². The minimum atomic E-state index is 0.796. The molecule has 0 heterocycles. The molecule has 0 fully saturated rings. The van der Waals surface area contributed by atoms with Crippen LogP contribution in [0.5, 0.6) is 0 Å². The summed E-state index contributed by atoms with van der Waals surface area (Å²) in [6.45, 7) is 1.91. The summed E-state index contributed by atoms with van der Waals surface area (Å²) in [5.41, 5.74) is 1.88. The molecule has 2 heteroatoms. The molecule has 0 aliphatic heterocycles. The number of carbonyl (C=O) groups excluding carboxylic acids is 1. The van der Waals surface area contributed by atoms with E-state index in [4.69, 9.17) is 11.6 Å². The van der Waals surface area contributed by atoms with Gasteiger partial charge < -0.3 is 0 Å². The van der Waals surface area contributed by atoms with Gasteiger partial charge in [-0.15, -0.1) is 0 Å². The predicted molar refractivity (Wildman–Crippen MR) is 41.9 cm³/mol. The van der Waals surface area contributed by atoms with Crippen molar-refractivity contribution in [3.63, 3.8) is 0 Å². The van der Waals surface area contributed by atoms with Crippen molar-refractivity contribution in [1.29, 1.82) is 0 Å². The van der Waals surface area contributed by atoms with Crippen LogP contribution in [0.3, 0.4) is 0 Å². The summed E-state index contributed by atoms with van der Waals surface area (Å²) in [4.78, 5) is 10.3. The first-order valence-corrected chi connectivity index (χ1v) is 3.63. The van der Waals surface area contributed by atoms with E-state index in [0.717, 1.165) is 35.3 Å². The topological polar surface area (TPSA) is 17.1 Å². The van der Waals surface area contributed by atoms with Crippen molar-refractivity contribution in [2.24, 2.45) is 0 Å². The third kappa shape index (κ3) is 1.48. The highest BCUT2D eigenvalue weighted by Gasteiger charge is 2.07. The van der Waals surface area contributed by atoms with Gasteiger partial charge in [-0.2, -0.15) is 0 Å². The van der Waals surface area contributed by atoms with Gasteiger partial charge >= 0.3 is 0 Å². The van der Waals surface area contributed by atoms with Gasteiger partial charge in [0.15, 0.2) is 0 Å². The Labute approximate surface area is 65.4 Å². The molecule has 0 saturated heterocycles. The summed E-state index contributed by atoms with van der Waals surface area (Å²) in [5.74, 6) is 0. The Balaban J connectivity index is 2.90. The molecule has 10 heavy (non-hydrogen) atoms. The minimum absolute atomic E-state index is 0.796. The van der Waals surface area contributed by atoms with E-state index in [1.165, 1.54) is 0 Å². The van der Waals surface area contributed by atoms with Gasteiger partial charge in [0.25, 0.3) is 0 Å². The van der Waals surface area contributed by atoms with E-state index >= 15 is 0 Å². The molecule has 1 aliphatic rings. The van der Waals surface area contributed by atoms with Crippen LogP contribution in [0.2, 0.25) is 0 Å². The molecular weight excluding hydrogens is 148 g/mol. The molecule has 54 valence electrons. The van der Waals surface area contributed by atoms with Crippen LogP contribution in [0.4, 0.5) is 0 Å². The van der Waals surface area contributed by atoms with Gasteiger partial charge in [0.2, 0.25) is 0 Å². The quantitative estimate of drug-likeness (QED) is 0.533. The van der Waals surface area contributed by atoms with E-state index in [1.54, 1.807) is 0 Å². The van der Waals surface area contributed by atoms with Gasteiger partial charge in [0, 0.05) is 5.03 Å². The van der Waals surface area contributed by atoms with Crippen LogP contribution in [0, 0.1) is 0 Å². The smallest absolute Gasteiger partial charge is 0.146 e. The zero-order valence-corrected chi connectivity index (χ0v) is 6.61. The summed E-state index contributed by atoms with van der Waals surface area (Å²) >= 11 is 5.74. The second-order valence-corrected chi connectivity index (χ2v) is 2.90. The minimum Gasteiger partial charge on any atom is -0.298 e. The highest BCUT2D eigenvalue weighted by Crippen LogP contribution is 2.24. The zero-order valence-electron chi connectivity index (χ0n) is 5.86. The number of hydrogen-bond donors (Lipinski definition) is 0. The largest absolute Gasteiger partial charge is 0.298 e. The SMILES string of the molecule is CC1=C(C=O)CCC(Cl)=C1. The van der Waals surface area contributed by atoms with Crippen molar-refractivity contribution < 1.29 is 4.79 Å². The van der Waals surface area contributed by atoms with Gasteiger partial charge in [0.1, 0.15) is 6.29 Å². The Kier molecular flexibility index (Phi) is 2.28. The molecule has 1 rings (SSSR count). The van der Waals surface area contributed by atoms with Crippen molar-refractivity contribution in [2.75, 3.05) is 0 Å². The van der Waals surface area contributed by atoms with E-state index in [2.05, 4.69) is 0 Å². The zero-order chi connectivity index (χ0) is 7.56. The molecule has 0 aromatic rings. The molecule has 0 spiro atoms. The highest BCUT2D eigenvalue weighted by atomic mass is 35.5. The van der Waals surface area contributed by atoms with Crippen molar-refractivity contribution in [3.8, 4) is 0 Å². The fraction of sp³-hybridized carbons (Fsp3) is 0.375. The third-order valence-electron chi connectivity index (χ3n) is 1.66. The number of hydrogen-bond acceptors (Lipinski definition) is 1. The molecule has 1 nitrogen and oxygen atoms in total. The monoisotopic (exact) mass is 156 g/mol. The first kappa shape index (κ1) is 7.55. The van der Waals surface area contributed by atoms with E-state index in [1.807, 2.05) is 13.0 Å². The lowest BCUT2D eigenvalue weighted by Crippen LogP contribution is -1.95. The van der Waals surface area contributed by atoms with E-state index < -0.39 is 0 Å². The molecule has 0 saturated carbocycles. The predicted octanol–water partition coefficient (Wildman–Crippen LogP) is 2.42. The number of aldehydes is 1. The summed E-state index contributed by atoms with van der Waals surface area (Å²) < 4.78 is 0. The number of carbonyl (C=O) groups is 1. The van der Waals surface area contributed by atoms with Gasteiger partial charge in [0.05, 0.1) is 0 Å². The molecule has 1 aliphatic carbocycles. The van der Waals surface area contributed by atoms with E-state index in [0.29, 0.717) is 0 Å². The third-order valence-corrected chi connectivity index (χ3v) is 1.95. The Morgan fingerprint density at radius 2 is 2.30 bits per heavy atom. The van der Waals surface area contributed by atoms with Gasteiger partial charge in [-0.3, -0.25) is 4.79 Å². The standard InChI is InChI=1S/C8H9ClO/c1-6-4-8(9)3-2-7(6)5-10/h4-5H,2-3H2,1H3. The van der Waals surface area contributed by atoms with Crippen molar-refractivity contribution in [2.45, 2.75) is 19.8 Å². The van der Waals surface area contributed by atoms with E-state index in [9.17, 15) is 4.79 Å². The molecule has 0 amide bonds. The average molecular weight is 157 g/mol. The Morgan fingerprint density at radius 1 is 1.60 bits per heavy atom. The van der Waals surface area contributed by atoms with Crippen LogP contribution in [0.25, 0.3) is 0 Å². The lowest BCUT2D eigenvalue weighted by molar-refractivity contribution is -0.105. The first-order valence-electron chi connectivity index (χ1n) is 3.25. The summed E-state index contributed by atoms with van der Waals surface area (Å²) in [6, 6.07) is 0. The van der Waals surface area contributed by atoms with Crippen LogP contribution < -0.4 is 0 Å². The fourth-order valence-corrected chi connectivity index (χ4v) is 1.26. The normalized spacial score (nSPS) is 18.8. The van der Waals surface area contributed by atoms with Crippen LogP contribution in [-0.2, 0) is 4.79 Å². The molecule has 0 bridgehead atoms. The second kappa shape index (κ2) is 3.02. The summed E-state index contributed by atoms with van der Waals surface area (Å²) in [7, 11) is 0. The number of rotatable bonds is 1. The molecule has 0 N–H and O–H groups in total. The second-order valence-electron chi connectivity index (χ2n) is 2.42. The summed E-state index contributed by atoms with van der Waals surface area (Å²) in [5, 5.41) is 0.850. The van der Waals surface area contributed by atoms with Gasteiger partial charge in [-0.05, 0) is 37.0 Å². The molecule has 0 radical (unpaired) electrons. The maximum absolute atomic E-state index is 10.3. The Hall–Kier alpha value is -0.560. The molecule has 0 aromatic carbocycles. The lowest BCUT2D eigenvalue weighted by atomic mass is 10.00. The summed E-state index contributed by atoms with van der Waals surface area (Å²) in [6.07, 6.45) is 4.38. The van der Waals surface area contributed by atoms with E-state index in [-0.39, 0.29) is 0 Å². The van der Waals surface area contributed by atoms with Crippen molar-refractivity contribution in [3.05, 3.63) is 22.3 Å². The molecule has 0 unspecified atom stereocenters. The first-order chi connectivity index (χ1) is 4.74. The average Bonchev–Trinajstić information content (AvgIpc) is 1.88. The van der Waals surface area contributed by atoms with Crippen LogP contribution in [0.1, 0.15) is 19.8 Å². The Morgan fingerprint density at radius 3 is 2.80 bits per heavy atom. The maximum atomic E-state index is 10.3. The molecular formula is C8H9ClO. The fourth-order valence-electron chi connectivity index (χ4n) is 1.00. The van der Waals surface area contributed by atoms with Crippen LogP contribution in [-0.4, -0.2) is 6.29 Å². The number of allylic oxidation sites excluding steroid dienone is 4. The van der Waals surface area contributed by atoms with Crippen LogP contribution >= 0.6 is 11.6 Å².